The molecule has 0 N–H and O–H groups in total. The number of rotatable bonds is 5. The van der Waals surface area contributed by atoms with E-state index in [1.165, 1.54) is 16.8 Å². The van der Waals surface area contributed by atoms with Crippen LogP contribution in [-0.4, -0.2) is 47.0 Å². The number of thioether (sulfide) groups is 1. The maximum Gasteiger partial charge on any atom is 0.341 e. The molecule has 128 valence electrons. The van der Waals surface area contributed by atoms with E-state index in [2.05, 4.69) is 10.1 Å². The standard InChI is InChI=1S/C18H17N3O3S/c1-25-17-14(8-5-10-19-17)18(23)24-12-16(22)21-11-9-15(20-21)13-6-3-2-4-7-13/h2-8,10H,9,11-12H2,1H3. The highest BCUT2D eigenvalue weighted by Gasteiger charge is 2.23. The summed E-state index contributed by atoms with van der Waals surface area (Å²) in [4.78, 5) is 28.5. The normalized spacial score (nSPS) is 13.5. The van der Waals surface area contributed by atoms with E-state index in [-0.39, 0.29) is 12.5 Å². The van der Waals surface area contributed by atoms with Crippen LogP contribution in [0.3, 0.4) is 0 Å². The molecule has 7 heteroatoms. The summed E-state index contributed by atoms with van der Waals surface area (Å²) in [5, 5.41) is 6.27. The fourth-order valence-corrected chi connectivity index (χ4v) is 3.00. The zero-order valence-electron chi connectivity index (χ0n) is 13.7. The van der Waals surface area contributed by atoms with E-state index in [0.717, 1.165) is 11.3 Å². The average molecular weight is 355 g/mol. The van der Waals surface area contributed by atoms with Crippen LogP contribution in [0.2, 0.25) is 0 Å². The Morgan fingerprint density at radius 1 is 1.20 bits per heavy atom. The summed E-state index contributed by atoms with van der Waals surface area (Å²) in [7, 11) is 0. The van der Waals surface area contributed by atoms with Gasteiger partial charge >= 0.3 is 5.97 Å². The number of nitrogens with zero attached hydrogens (tertiary/aromatic N) is 3. The lowest BCUT2D eigenvalue weighted by atomic mass is 10.1. The predicted octanol–water partition coefficient (Wildman–Crippen LogP) is 2.60. The molecule has 2 aromatic rings. The number of ether oxygens (including phenoxy) is 1. The summed E-state index contributed by atoms with van der Waals surface area (Å²) in [6, 6.07) is 13.0. The monoisotopic (exact) mass is 355 g/mol. The van der Waals surface area contributed by atoms with Crippen LogP contribution in [0, 0.1) is 0 Å². The number of hydrogen-bond acceptors (Lipinski definition) is 6. The zero-order chi connectivity index (χ0) is 17.6. The van der Waals surface area contributed by atoms with Crippen molar-refractivity contribution in [3.05, 3.63) is 59.8 Å². The molecule has 0 radical (unpaired) electrons. The van der Waals surface area contributed by atoms with Gasteiger partial charge in [-0.25, -0.2) is 14.8 Å². The van der Waals surface area contributed by atoms with Crippen molar-refractivity contribution in [3.8, 4) is 0 Å². The molecule has 0 atom stereocenters. The molecule has 0 unspecified atom stereocenters. The van der Waals surface area contributed by atoms with Gasteiger partial charge in [-0.05, 0) is 24.0 Å². The van der Waals surface area contributed by atoms with E-state index in [0.29, 0.717) is 23.6 Å². The van der Waals surface area contributed by atoms with Gasteiger partial charge in [-0.1, -0.05) is 30.3 Å². The number of hydrogen-bond donors (Lipinski definition) is 0. The van der Waals surface area contributed by atoms with Gasteiger partial charge in [0.25, 0.3) is 5.91 Å². The molecule has 0 spiro atoms. The summed E-state index contributed by atoms with van der Waals surface area (Å²) in [6.07, 6.45) is 4.12. The molecule has 1 aromatic carbocycles. The van der Waals surface area contributed by atoms with Crippen LogP contribution in [0.5, 0.6) is 0 Å². The fourth-order valence-electron chi connectivity index (χ4n) is 2.46. The van der Waals surface area contributed by atoms with Crippen molar-refractivity contribution in [3.63, 3.8) is 0 Å². The second kappa shape index (κ2) is 7.94. The molecule has 0 fully saturated rings. The number of amides is 1. The third kappa shape index (κ3) is 4.06. The molecular formula is C18H17N3O3S. The van der Waals surface area contributed by atoms with Gasteiger partial charge in [0.05, 0.1) is 17.8 Å². The number of hydrazone groups is 1. The van der Waals surface area contributed by atoms with Gasteiger partial charge in [0.1, 0.15) is 5.03 Å². The average Bonchev–Trinajstić information content (AvgIpc) is 3.17. The first kappa shape index (κ1) is 17.2. The van der Waals surface area contributed by atoms with Gasteiger partial charge in [0, 0.05) is 12.6 Å². The second-order valence-corrected chi connectivity index (χ2v) is 6.11. The molecule has 3 rings (SSSR count). The Morgan fingerprint density at radius 3 is 2.76 bits per heavy atom. The van der Waals surface area contributed by atoms with Crippen molar-refractivity contribution in [1.29, 1.82) is 0 Å². The number of carbonyl (C=O) groups excluding carboxylic acids is 2. The maximum absolute atomic E-state index is 12.2. The van der Waals surface area contributed by atoms with Crippen molar-refractivity contribution >= 4 is 29.4 Å². The molecule has 6 nitrogen and oxygen atoms in total. The van der Waals surface area contributed by atoms with Crippen LogP contribution >= 0.6 is 11.8 Å². The van der Waals surface area contributed by atoms with Gasteiger partial charge in [-0.3, -0.25) is 4.79 Å². The molecule has 1 aliphatic rings. The molecule has 0 aliphatic carbocycles. The Labute approximate surface area is 149 Å². The van der Waals surface area contributed by atoms with Gasteiger partial charge < -0.3 is 4.74 Å². The van der Waals surface area contributed by atoms with Crippen LogP contribution < -0.4 is 0 Å². The Bertz CT molecular complexity index is 808. The van der Waals surface area contributed by atoms with Crippen LogP contribution in [0.25, 0.3) is 0 Å². The van der Waals surface area contributed by atoms with Gasteiger partial charge in [0.15, 0.2) is 6.61 Å². The van der Waals surface area contributed by atoms with Crippen molar-refractivity contribution in [1.82, 2.24) is 9.99 Å². The number of aromatic nitrogens is 1. The second-order valence-electron chi connectivity index (χ2n) is 5.32. The highest BCUT2D eigenvalue weighted by atomic mass is 32.2. The SMILES string of the molecule is CSc1ncccc1C(=O)OCC(=O)N1CCC(c2ccccc2)=N1. The molecule has 2 heterocycles. The first-order chi connectivity index (χ1) is 12.2. The minimum atomic E-state index is -0.558. The third-order valence-corrected chi connectivity index (χ3v) is 4.42. The summed E-state index contributed by atoms with van der Waals surface area (Å²) >= 11 is 1.35. The van der Waals surface area contributed by atoms with Crippen LogP contribution in [-0.2, 0) is 9.53 Å². The van der Waals surface area contributed by atoms with E-state index in [1.54, 1.807) is 18.3 Å². The molecule has 1 amide bonds. The van der Waals surface area contributed by atoms with Crippen LogP contribution in [0.15, 0.2) is 58.8 Å². The van der Waals surface area contributed by atoms with E-state index in [1.807, 2.05) is 36.6 Å². The molecule has 0 saturated carbocycles. The van der Waals surface area contributed by atoms with E-state index < -0.39 is 5.97 Å². The number of esters is 1. The van der Waals surface area contributed by atoms with E-state index in [9.17, 15) is 9.59 Å². The van der Waals surface area contributed by atoms with E-state index in [4.69, 9.17) is 4.74 Å². The van der Waals surface area contributed by atoms with Crippen molar-refractivity contribution < 1.29 is 14.3 Å². The topological polar surface area (TPSA) is 71.9 Å². The van der Waals surface area contributed by atoms with Crippen molar-refractivity contribution in [2.75, 3.05) is 19.4 Å². The Hall–Kier alpha value is -2.67. The van der Waals surface area contributed by atoms with Gasteiger partial charge in [-0.2, -0.15) is 5.10 Å². The number of pyridine rings is 1. The van der Waals surface area contributed by atoms with Gasteiger partial charge in [0.2, 0.25) is 0 Å². The first-order valence-electron chi connectivity index (χ1n) is 7.78. The summed E-state index contributed by atoms with van der Waals surface area (Å²) in [6.45, 7) is 0.149. The van der Waals surface area contributed by atoms with E-state index >= 15 is 0 Å². The van der Waals surface area contributed by atoms with Gasteiger partial charge in [-0.15, -0.1) is 11.8 Å². The maximum atomic E-state index is 12.2. The highest BCUT2D eigenvalue weighted by Crippen LogP contribution is 2.18. The summed E-state index contributed by atoms with van der Waals surface area (Å²) < 4.78 is 5.13. The Balaban J connectivity index is 1.60. The number of carbonyl (C=O) groups is 2. The largest absolute Gasteiger partial charge is 0.452 e. The lowest BCUT2D eigenvalue weighted by Crippen LogP contribution is -2.28. The first-order valence-corrected chi connectivity index (χ1v) is 9.01. The summed E-state index contributed by atoms with van der Waals surface area (Å²) in [5.74, 6) is -0.897. The summed E-state index contributed by atoms with van der Waals surface area (Å²) in [5.41, 5.74) is 2.21. The fraction of sp³-hybridized carbons (Fsp3) is 0.222. The van der Waals surface area contributed by atoms with Crippen molar-refractivity contribution in [2.45, 2.75) is 11.4 Å². The molecule has 0 saturated heterocycles. The van der Waals surface area contributed by atoms with Crippen LogP contribution in [0.4, 0.5) is 0 Å². The predicted molar refractivity (Wildman–Crippen MR) is 95.6 cm³/mol. The van der Waals surface area contributed by atoms with Crippen molar-refractivity contribution in [2.24, 2.45) is 5.10 Å². The molecule has 1 aliphatic heterocycles. The molecule has 0 bridgehead atoms. The quantitative estimate of drug-likeness (QED) is 0.609. The Morgan fingerprint density at radius 2 is 2.00 bits per heavy atom. The third-order valence-electron chi connectivity index (χ3n) is 3.71. The molecular weight excluding hydrogens is 338 g/mol. The minimum absolute atomic E-state index is 0.339. The molecule has 25 heavy (non-hydrogen) atoms. The van der Waals surface area contributed by atoms with Crippen LogP contribution in [0.1, 0.15) is 22.3 Å². The lowest BCUT2D eigenvalue weighted by molar-refractivity contribution is -0.134. The lowest BCUT2D eigenvalue weighted by Gasteiger charge is -2.12. The zero-order valence-corrected chi connectivity index (χ0v) is 14.5. The minimum Gasteiger partial charge on any atom is -0.452 e. The molecule has 1 aromatic heterocycles. The highest BCUT2D eigenvalue weighted by molar-refractivity contribution is 7.98. The number of benzene rings is 1. The smallest absolute Gasteiger partial charge is 0.341 e. The Kier molecular flexibility index (Phi) is 5.45.